The third kappa shape index (κ3) is 5.24. The van der Waals surface area contributed by atoms with E-state index in [9.17, 15) is 5.11 Å². The highest BCUT2D eigenvalue weighted by atomic mass is 16.4. The Hall–Kier alpha value is -1.20. The van der Waals surface area contributed by atoms with E-state index in [1.165, 1.54) is 12.0 Å². The van der Waals surface area contributed by atoms with Crippen molar-refractivity contribution in [3.8, 4) is 0 Å². The number of aliphatic hydroxyl groups is 1. The first-order valence-corrected chi connectivity index (χ1v) is 11.0. The molecule has 0 bridgehead atoms. The molecular formula is C23H39N3O2. The molecule has 5 heteroatoms. The largest absolute Gasteiger partial charge is 0.425 e. The van der Waals surface area contributed by atoms with E-state index in [1.807, 2.05) is 0 Å². The van der Waals surface area contributed by atoms with Crippen molar-refractivity contribution in [2.24, 2.45) is 23.7 Å². The number of likely N-dealkylation sites (tertiary alicyclic amines) is 1. The van der Waals surface area contributed by atoms with Crippen LogP contribution >= 0.6 is 0 Å². The number of rotatable bonds is 5. The van der Waals surface area contributed by atoms with Gasteiger partial charge in [-0.25, -0.2) is 0 Å². The minimum atomic E-state index is -0.101. The van der Waals surface area contributed by atoms with E-state index >= 15 is 0 Å². The summed E-state index contributed by atoms with van der Waals surface area (Å²) in [6.07, 6.45) is 6.28. The Morgan fingerprint density at radius 2 is 1.89 bits per heavy atom. The number of piperidine rings is 1. The molecule has 158 valence electrons. The van der Waals surface area contributed by atoms with Crippen LogP contribution in [0.1, 0.15) is 72.6 Å². The van der Waals surface area contributed by atoms with Crippen LogP contribution in [0.5, 0.6) is 0 Å². The molecule has 2 aliphatic rings. The summed E-state index contributed by atoms with van der Waals surface area (Å²) in [5, 5.41) is 18.4. The van der Waals surface area contributed by atoms with Crippen LogP contribution in [0.2, 0.25) is 0 Å². The fourth-order valence-corrected chi connectivity index (χ4v) is 4.74. The normalized spacial score (nSPS) is 28.0. The number of hydrogen-bond donors (Lipinski definition) is 1. The summed E-state index contributed by atoms with van der Waals surface area (Å²) in [6.45, 7) is 16.5. The van der Waals surface area contributed by atoms with Crippen molar-refractivity contribution in [3.05, 3.63) is 23.4 Å². The fraction of sp³-hybridized carbons (Fsp3) is 0.826. The van der Waals surface area contributed by atoms with Crippen molar-refractivity contribution in [1.82, 2.24) is 15.1 Å². The van der Waals surface area contributed by atoms with Gasteiger partial charge in [0.25, 0.3) is 0 Å². The van der Waals surface area contributed by atoms with E-state index < -0.39 is 0 Å². The van der Waals surface area contributed by atoms with E-state index in [1.54, 1.807) is 0 Å². The Balaban J connectivity index is 1.68. The van der Waals surface area contributed by atoms with Gasteiger partial charge in [0.15, 0.2) is 0 Å². The molecule has 0 amide bonds. The lowest BCUT2D eigenvalue weighted by atomic mass is 9.69. The van der Waals surface area contributed by atoms with Crippen molar-refractivity contribution in [1.29, 1.82) is 0 Å². The number of allylic oxidation sites excluding steroid dienone is 1. The van der Waals surface area contributed by atoms with Crippen LogP contribution in [0.15, 0.2) is 16.1 Å². The first-order chi connectivity index (χ1) is 13.1. The monoisotopic (exact) mass is 389 g/mol. The maximum Gasteiger partial charge on any atom is 0.221 e. The molecule has 3 atom stereocenters. The molecule has 0 unspecified atom stereocenters. The molecule has 0 spiro atoms. The van der Waals surface area contributed by atoms with Crippen molar-refractivity contribution >= 4 is 0 Å². The van der Waals surface area contributed by atoms with Crippen LogP contribution in [-0.4, -0.2) is 45.9 Å². The summed E-state index contributed by atoms with van der Waals surface area (Å²) >= 11 is 0. The Kier molecular flexibility index (Phi) is 6.65. The Bertz CT molecular complexity index is 666. The maximum absolute atomic E-state index is 9.78. The second-order valence-corrected chi connectivity index (χ2v) is 10.4. The van der Waals surface area contributed by atoms with Crippen molar-refractivity contribution < 1.29 is 9.52 Å². The molecule has 1 aliphatic heterocycles. The number of hydrogen-bond acceptors (Lipinski definition) is 5. The minimum Gasteiger partial charge on any atom is -0.425 e. The van der Waals surface area contributed by atoms with Gasteiger partial charge in [-0.05, 0) is 49.9 Å². The third-order valence-corrected chi connectivity index (χ3v) is 6.64. The summed E-state index contributed by atoms with van der Waals surface area (Å²) in [5.74, 6) is 3.91. The molecule has 1 N–H and O–H groups in total. The lowest BCUT2D eigenvalue weighted by Crippen LogP contribution is -2.42. The smallest absolute Gasteiger partial charge is 0.221 e. The Labute approximate surface area is 170 Å². The molecule has 1 saturated heterocycles. The van der Waals surface area contributed by atoms with Crippen LogP contribution in [0.4, 0.5) is 0 Å². The molecule has 28 heavy (non-hydrogen) atoms. The van der Waals surface area contributed by atoms with Gasteiger partial charge in [0.1, 0.15) is 0 Å². The van der Waals surface area contributed by atoms with Crippen LogP contribution in [0, 0.1) is 23.7 Å². The second kappa shape index (κ2) is 8.66. The van der Waals surface area contributed by atoms with Crippen LogP contribution in [0.25, 0.3) is 0 Å². The lowest BCUT2D eigenvalue weighted by molar-refractivity contribution is 0.0669. The molecule has 5 nitrogen and oxygen atoms in total. The molecule has 0 saturated carbocycles. The fourth-order valence-electron chi connectivity index (χ4n) is 4.74. The van der Waals surface area contributed by atoms with Gasteiger partial charge in [-0.3, -0.25) is 0 Å². The Morgan fingerprint density at radius 1 is 1.21 bits per heavy atom. The molecule has 0 aromatic carbocycles. The molecule has 1 aromatic heterocycles. The average Bonchev–Trinajstić information content (AvgIpc) is 3.08. The van der Waals surface area contributed by atoms with Gasteiger partial charge in [-0.2, -0.15) is 0 Å². The van der Waals surface area contributed by atoms with E-state index in [4.69, 9.17) is 4.42 Å². The predicted molar refractivity (Wildman–Crippen MR) is 112 cm³/mol. The average molecular weight is 390 g/mol. The summed E-state index contributed by atoms with van der Waals surface area (Å²) in [7, 11) is 0. The van der Waals surface area contributed by atoms with E-state index in [0.717, 1.165) is 50.7 Å². The van der Waals surface area contributed by atoms with Crippen LogP contribution < -0.4 is 0 Å². The number of aliphatic hydroxyl groups excluding tert-OH is 1. The zero-order chi connectivity index (χ0) is 20.5. The van der Waals surface area contributed by atoms with Crippen LogP contribution in [0.3, 0.4) is 0 Å². The molecule has 2 heterocycles. The Morgan fingerprint density at radius 3 is 2.46 bits per heavy atom. The summed E-state index contributed by atoms with van der Waals surface area (Å²) in [6, 6.07) is 0. The first-order valence-electron chi connectivity index (χ1n) is 11.0. The molecule has 1 fully saturated rings. The van der Waals surface area contributed by atoms with Crippen molar-refractivity contribution in [3.63, 3.8) is 0 Å². The second-order valence-electron chi connectivity index (χ2n) is 10.4. The lowest BCUT2D eigenvalue weighted by Gasteiger charge is -2.40. The standard InChI is InChI=1S/C23H39N3O2/c1-15(2)20-12-17(13-21-24-25-22(28-21)23(4,5)6)16(3)11-18(20)14-26-9-7-19(27)8-10-26/h11,15,17-20,27H,7-10,12-14H2,1-6H3/t17-,18-,20-/m0/s1. The van der Waals surface area contributed by atoms with Crippen molar-refractivity contribution in [2.75, 3.05) is 19.6 Å². The summed E-state index contributed by atoms with van der Waals surface area (Å²) in [4.78, 5) is 2.55. The quantitative estimate of drug-likeness (QED) is 0.764. The van der Waals surface area contributed by atoms with Gasteiger partial charge in [0.2, 0.25) is 11.8 Å². The van der Waals surface area contributed by atoms with E-state index in [2.05, 4.69) is 62.7 Å². The first kappa shape index (κ1) is 21.5. The van der Waals surface area contributed by atoms with Gasteiger partial charge in [0.05, 0.1) is 6.10 Å². The van der Waals surface area contributed by atoms with Gasteiger partial charge < -0.3 is 14.4 Å². The highest BCUT2D eigenvalue weighted by Gasteiger charge is 2.34. The van der Waals surface area contributed by atoms with E-state index in [-0.39, 0.29) is 11.5 Å². The van der Waals surface area contributed by atoms with Gasteiger partial charge >= 0.3 is 0 Å². The highest BCUT2D eigenvalue weighted by molar-refractivity contribution is 5.14. The van der Waals surface area contributed by atoms with Crippen molar-refractivity contribution in [2.45, 2.75) is 78.7 Å². The number of aromatic nitrogens is 2. The SMILES string of the molecule is CC1=C[C@@H](CN2CCC(O)CC2)[C@H](C(C)C)C[C@H]1Cc1nnc(C(C)(C)C)o1. The molecule has 1 aliphatic carbocycles. The minimum absolute atomic E-state index is 0.0995. The molecule has 0 radical (unpaired) electrons. The van der Waals surface area contributed by atoms with Gasteiger partial charge in [0, 0.05) is 31.5 Å². The molecule has 3 rings (SSSR count). The zero-order valence-corrected chi connectivity index (χ0v) is 18.6. The topological polar surface area (TPSA) is 62.4 Å². The summed E-state index contributed by atoms with van der Waals surface area (Å²) in [5.41, 5.74) is 1.37. The summed E-state index contributed by atoms with van der Waals surface area (Å²) < 4.78 is 5.97. The van der Waals surface area contributed by atoms with Crippen LogP contribution in [-0.2, 0) is 11.8 Å². The number of nitrogens with zero attached hydrogens (tertiary/aromatic N) is 3. The van der Waals surface area contributed by atoms with Gasteiger partial charge in [-0.1, -0.05) is 46.3 Å². The maximum atomic E-state index is 9.78. The van der Waals surface area contributed by atoms with E-state index in [0.29, 0.717) is 23.7 Å². The molecular weight excluding hydrogens is 350 g/mol. The third-order valence-electron chi connectivity index (χ3n) is 6.64. The predicted octanol–water partition coefficient (Wildman–Crippen LogP) is 4.22. The van der Waals surface area contributed by atoms with Gasteiger partial charge in [-0.15, -0.1) is 10.2 Å². The molecule has 1 aromatic rings. The zero-order valence-electron chi connectivity index (χ0n) is 18.6. The highest BCUT2D eigenvalue weighted by Crippen LogP contribution is 2.39.